The SMILES string of the molecule is [O-2].[O-2].[O-2].[O-2].[O-2].[Pt].[Pt].[Ta+5].[Ta+5]. The van der Waals surface area contributed by atoms with Crippen molar-refractivity contribution in [3.63, 3.8) is 0 Å². The molecule has 0 aromatic heterocycles. The molecule has 0 unspecified atom stereocenters. The second-order valence-corrected chi connectivity index (χ2v) is 0. The van der Waals surface area contributed by atoms with Crippen molar-refractivity contribution in [2.24, 2.45) is 0 Å². The second-order valence-electron chi connectivity index (χ2n) is 0. The van der Waals surface area contributed by atoms with Crippen LogP contribution in [-0.2, 0) is 114 Å². The van der Waals surface area contributed by atoms with Gasteiger partial charge < -0.3 is 27.4 Å². The Balaban J connectivity index is 0. The Kier molecular flexibility index (Phi) is 2930. The Bertz CT molecular complexity index is 12.9. The molecule has 5 nitrogen and oxygen atoms in total. The van der Waals surface area contributed by atoms with Crippen molar-refractivity contribution in [3.05, 3.63) is 0 Å². The predicted molar refractivity (Wildman–Crippen MR) is 3.43 cm³/mol. The Morgan fingerprint density at radius 3 is 0.333 bits per heavy atom. The van der Waals surface area contributed by atoms with Crippen molar-refractivity contribution in [1.82, 2.24) is 0 Å². The summed E-state index contributed by atoms with van der Waals surface area (Å²) in [7, 11) is 0. The van der Waals surface area contributed by atoms with Gasteiger partial charge in [-0.25, -0.2) is 0 Å². The minimum Gasteiger partial charge on any atom is -2.00 e. The van der Waals surface area contributed by atoms with Gasteiger partial charge in [0.15, 0.2) is 0 Å². The summed E-state index contributed by atoms with van der Waals surface area (Å²) < 4.78 is 0. The molecule has 0 amide bonds. The molecule has 0 aliphatic heterocycles. The molecule has 0 rings (SSSR count). The van der Waals surface area contributed by atoms with Gasteiger partial charge in [0.1, 0.15) is 0 Å². The zero-order valence-electron chi connectivity index (χ0n) is 3.57. The van der Waals surface area contributed by atoms with Gasteiger partial charge in [0.05, 0.1) is 0 Å². The molecule has 60 valence electrons. The molecular formula is O5Pt2Ta2. The van der Waals surface area contributed by atoms with Crippen LogP contribution in [-0.4, -0.2) is 0 Å². The van der Waals surface area contributed by atoms with Crippen molar-refractivity contribution >= 4 is 0 Å². The molecule has 0 fully saturated rings. The van der Waals surface area contributed by atoms with Crippen LogP contribution < -0.4 is 0 Å². The van der Waals surface area contributed by atoms with Crippen LogP contribution in [0.2, 0.25) is 0 Å². The van der Waals surface area contributed by atoms with E-state index in [1.54, 1.807) is 0 Å². The van der Waals surface area contributed by atoms with Gasteiger partial charge in [0, 0.05) is 42.1 Å². The van der Waals surface area contributed by atoms with Gasteiger partial charge in [0.25, 0.3) is 0 Å². The van der Waals surface area contributed by atoms with E-state index >= 15 is 0 Å². The maximum Gasteiger partial charge on any atom is 5.00 e. The van der Waals surface area contributed by atoms with E-state index < -0.39 is 0 Å². The summed E-state index contributed by atoms with van der Waals surface area (Å²) in [6.07, 6.45) is 0. The molecule has 0 spiro atoms. The summed E-state index contributed by atoms with van der Waals surface area (Å²) >= 11 is 0. The maximum atomic E-state index is 0. The first-order valence-corrected chi connectivity index (χ1v) is 0. The van der Waals surface area contributed by atoms with Gasteiger partial charge >= 0.3 is 44.8 Å². The van der Waals surface area contributed by atoms with E-state index in [2.05, 4.69) is 0 Å². The molecule has 9 heavy (non-hydrogen) atoms. The molecule has 9 heteroatoms. The van der Waals surface area contributed by atoms with Crippen LogP contribution in [0, 0.1) is 0 Å². The van der Waals surface area contributed by atoms with Gasteiger partial charge in [0.2, 0.25) is 0 Å². The van der Waals surface area contributed by atoms with Gasteiger partial charge in [-0.15, -0.1) is 0 Å². The minimum absolute atomic E-state index is 0. The van der Waals surface area contributed by atoms with Crippen LogP contribution in [0.1, 0.15) is 0 Å². The topological polar surface area (TPSA) is 142 Å². The number of hydrogen-bond acceptors (Lipinski definition) is 0. The molecule has 0 bridgehead atoms. The van der Waals surface area contributed by atoms with Crippen LogP contribution in [0.5, 0.6) is 0 Å². The van der Waals surface area contributed by atoms with Crippen LogP contribution >= 0.6 is 0 Å². The van der Waals surface area contributed by atoms with E-state index in [4.69, 9.17) is 0 Å². The van der Waals surface area contributed by atoms with Crippen LogP contribution in [0.3, 0.4) is 0 Å². The first-order valence-electron chi connectivity index (χ1n) is 0. The Hall–Kier alpha value is 2.66. The number of hydrogen-bond donors (Lipinski definition) is 0. The van der Waals surface area contributed by atoms with Crippen LogP contribution in [0.25, 0.3) is 0 Å². The zero-order valence-corrected chi connectivity index (χ0v) is 14.5. The Morgan fingerprint density at radius 2 is 0.333 bits per heavy atom. The second kappa shape index (κ2) is 141. The molecule has 0 atom stereocenters. The van der Waals surface area contributed by atoms with Crippen molar-refractivity contribution < 1.29 is 114 Å². The fourth-order valence-electron chi connectivity index (χ4n) is 0. The predicted octanol–water partition coefficient (Wildman–Crippen LogP) is -0.604. The molecular weight excluding hydrogens is 832 g/mol. The van der Waals surface area contributed by atoms with Crippen molar-refractivity contribution in [2.45, 2.75) is 0 Å². The van der Waals surface area contributed by atoms with Crippen LogP contribution in [0.4, 0.5) is 0 Å². The molecule has 0 aromatic carbocycles. The third-order valence-corrected chi connectivity index (χ3v) is 0. The monoisotopic (exact) mass is 832 g/mol. The van der Waals surface area contributed by atoms with Crippen molar-refractivity contribution in [3.8, 4) is 0 Å². The van der Waals surface area contributed by atoms with Gasteiger partial charge in [-0.3, -0.25) is 0 Å². The third-order valence-electron chi connectivity index (χ3n) is 0. The molecule has 0 aliphatic rings. The molecule has 0 saturated heterocycles. The maximum absolute atomic E-state index is 0. The van der Waals surface area contributed by atoms with Crippen LogP contribution in [0.15, 0.2) is 0 Å². The van der Waals surface area contributed by atoms with Gasteiger partial charge in [-0.05, 0) is 0 Å². The van der Waals surface area contributed by atoms with E-state index in [1.807, 2.05) is 0 Å². The van der Waals surface area contributed by atoms with Crippen molar-refractivity contribution in [1.29, 1.82) is 0 Å². The number of rotatable bonds is 0. The fraction of sp³-hybridized carbons (Fsp3) is 0. The van der Waals surface area contributed by atoms with E-state index in [0.717, 1.165) is 0 Å². The summed E-state index contributed by atoms with van der Waals surface area (Å²) in [4.78, 5) is 0. The quantitative estimate of drug-likeness (QED) is 0.308. The van der Waals surface area contributed by atoms with E-state index in [9.17, 15) is 0 Å². The van der Waals surface area contributed by atoms with E-state index in [1.165, 1.54) is 0 Å². The van der Waals surface area contributed by atoms with Gasteiger partial charge in [-0.2, -0.15) is 0 Å². The smallest absolute Gasteiger partial charge is 2.00 e. The minimum atomic E-state index is 0. The standard InChI is InChI=1S/5O.2Pt.2Ta/q5*-2;;;2*+5. The summed E-state index contributed by atoms with van der Waals surface area (Å²) in [5, 5.41) is 0. The fourth-order valence-corrected chi connectivity index (χ4v) is 0. The summed E-state index contributed by atoms with van der Waals surface area (Å²) in [6, 6.07) is 0. The average molecular weight is 832 g/mol. The first-order chi connectivity index (χ1) is 0. The third kappa shape index (κ3) is 113. The molecule has 0 aromatic rings. The van der Waals surface area contributed by atoms with Gasteiger partial charge in [-0.1, -0.05) is 0 Å². The first kappa shape index (κ1) is 188. The Labute approximate surface area is 113 Å². The summed E-state index contributed by atoms with van der Waals surface area (Å²) in [5.41, 5.74) is 0. The summed E-state index contributed by atoms with van der Waals surface area (Å²) in [5.74, 6) is 0. The molecule has 0 saturated carbocycles. The van der Waals surface area contributed by atoms with Crippen molar-refractivity contribution in [2.75, 3.05) is 0 Å². The molecule has 0 radical (unpaired) electrons. The van der Waals surface area contributed by atoms with E-state index in [0.29, 0.717) is 0 Å². The molecule has 0 aliphatic carbocycles. The Morgan fingerprint density at radius 1 is 0.333 bits per heavy atom. The average Bonchev–Trinajstić information content (AvgIpc) is 0. The largest absolute Gasteiger partial charge is 5.00 e. The normalized spacial score (nSPS) is 0. The van der Waals surface area contributed by atoms with E-state index in [-0.39, 0.29) is 114 Å². The molecule has 0 heterocycles. The molecule has 0 N–H and O–H groups in total. The zero-order chi connectivity index (χ0) is 0. The summed E-state index contributed by atoms with van der Waals surface area (Å²) in [6.45, 7) is 0.